The normalized spacial score (nSPS) is 24.4. The van der Waals surface area contributed by atoms with E-state index in [-0.39, 0.29) is 5.69 Å². The lowest BCUT2D eigenvalue weighted by Crippen LogP contribution is -2.39. The van der Waals surface area contributed by atoms with Crippen LogP contribution in [-0.2, 0) is 20.3 Å². The smallest absolute Gasteiger partial charge is 0.330 e. The fourth-order valence-corrected chi connectivity index (χ4v) is 3.56. The summed E-state index contributed by atoms with van der Waals surface area (Å²) in [6.07, 6.45) is -5.54. The fraction of sp³-hybridized carbons (Fsp3) is 0.312. The maximum absolute atomic E-state index is 12.4. The van der Waals surface area contributed by atoms with Crippen molar-refractivity contribution in [1.82, 2.24) is 9.55 Å². The lowest BCUT2D eigenvalue weighted by Gasteiger charge is -2.16. The van der Waals surface area contributed by atoms with Crippen molar-refractivity contribution in [2.45, 2.75) is 30.7 Å². The SMILES string of the molecule is O=C(Nc1ccc(CP(=O)(O)O)cc1)[C@H]1O[C@@H](n2ccc(=O)[nH]c2=O)[C@@H](O)[C@H]1O. The minimum Gasteiger partial charge on any atom is -0.387 e. The molecule has 2 aromatic rings. The molecule has 12 nitrogen and oxygen atoms in total. The molecular formula is C16H18N3O9P. The summed E-state index contributed by atoms with van der Waals surface area (Å²) in [5.74, 6) is -0.806. The maximum Gasteiger partial charge on any atom is 0.330 e. The number of H-pyrrole nitrogens is 1. The summed E-state index contributed by atoms with van der Waals surface area (Å²) in [5, 5.41) is 22.7. The minimum atomic E-state index is -4.22. The largest absolute Gasteiger partial charge is 0.387 e. The van der Waals surface area contributed by atoms with Crippen LogP contribution in [0.2, 0.25) is 0 Å². The van der Waals surface area contributed by atoms with Crippen LogP contribution in [0.15, 0.2) is 46.1 Å². The first kappa shape index (κ1) is 21.1. The summed E-state index contributed by atoms with van der Waals surface area (Å²) in [4.78, 5) is 55.3. The van der Waals surface area contributed by atoms with Gasteiger partial charge in [-0.3, -0.25) is 23.7 Å². The zero-order chi connectivity index (χ0) is 21.3. The van der Waals surface area contributed by atoms with Crippen LogP contribution >= 0.6 is 7.60 Å². The topological polar surface area (TPSA) is 191 Å². The number of nitrogens with one attached hydrogen (secondary N) is 2. The van der Waals surface area contributed by atoms with E-state index in [4.69, 9.17) is 14.5 Å². The van der Waals surface area contributed by atoms with E-state index in [0.29, 0.717) is 5.56 Å². The number of benzene rings is 1. The van der Waals surface area contributed by atoms with Crippen molar-refractivity contribution in [2.75, 3.05) is 5.32 Å². The molecule has 1 aliphatic rings. The third kappa shape index (κ3) is 4.88. The van der Waals surface area contributed by atoms with Gasteiger partial charge in [-0.25, -0.2) is 4.79 Å². The summed E-state index contributed by atoms with van der Waals surface area (Å²) in [6.45, 7) is 0. The molecule has 0 unspecified atom stereocenters. The van der Waals surface area contributed by atoms with Gasteiger partial charge < -0.3 is 30.1 Å². The maximum atomic E-state index is 12.4. The predicted molar refractivity (Wildman–Crippen MR) is 98.1 cm³/mol. The zero-order valence-corrected chi connectivity index (χ0v) is 15.6. The van der Waals surface area contributed by atoms with Gasteiger partial charge in [-0.15, -0.1) is 0 Å². The van der Waals surface area contributed by atoms with Crippen molar-refractivity contribution in [3.05, 3.63) is 62.9 Å². The van der Waals surface area contributed by atoms with Crippen molar-refractivity contribution < 1.29 is 34.1 Å². The van der Waals surface area contributed by atoms with Crippen LogP contribution in [-0.4, -0.2) is 53.8 Å². The van der Waals surface area contributed by atoms with Crippen LogP contribution in [0.5, 0.6) is 0 Å². The van der Waals surface area contributed by atoms with Gasteiger partial charge in [-0.05, 0) is 17.7 Å². The Morgan fingerprint density at radius 2 is 1.79 bits per heavy atom. The number of anilines is 1. The molecule has 1 fully saturated rings. The number of hydrogen-bond acceptors (Lipinski definition) is 7. The van der Waals surface area contributed by atoms with Crippen LogP contribution in [0.3, 0.4) is 0 Å². The molecule has 0 radical (unpaired) electrons. The average molecular weight is 427 g/mol. The van der Waals surface area contributed by atoms with Gasteiger partial charge in [0.2, 0.25) is 0 Å². The van der Waals surface area contributed by atoms with Gasteiger partial charge in [-0.2, -0.15) is 0 Å². The summed E-state index contributed by atoms with van der Waals surface area (Å²) in [7, 11) is -4.22. The van der Waals surface area contributed by atoms with E-state index in [1.165, 1.54) is 24.3 Å². The molecule has 0 saturated carbocycles. The molecular weight excluding hydrogens is 409 g/mol. The van der Waals surface area contributed by atoms with Gasteiger partial charge >= 0.3 is 13.3 Å². The minimum absolute atomic E-state index is 0.263. The second kappa shape index (κ2) is 8.03. The number of carbonyl (C=O) groups is 1. The molecule has 1 saturated heterocycles. The van der Waals surface area contributed by atoms with Gasteiger partial charge in [0.05, 0.1) is 6.16 Å². The van der Waals surface area contributed by atoms with Crippen molar-refractivity contribution in [1.29, 1.82) is 0 Å². The molecule has 3 rings (SSSR count). The molecule has 1 amide bonds. The molecule has 1 aromatic carbocycles. The summed E-state index contributed by atoms with van der Waals surface area (Å²) in [5.41, 5.74) is -0.910. The average Bonchev–Trinajstić information content (AvgIpc) is 2.91. The Hall–Kier alpha value is -2.60. The molecule has 4 atom stereocenters. The molecule has 29 heavy (non-hydrogen) atoms. The predicted octanol–water partition coefficient (Wildman–Crippen LogP) is -1.53. The number of aromatic nitrogens is 2. The van der Waals surface area contributed by atoms with Crippen molar-refractivity contribution in [2.24, 2.45) is 0 Å². The number of carbonyl (C=O) groups excluding carboxylic acids is 1. The molecule has 1 aliphatic heterocycles. The molecule has 0 aliphatic carbocycles. The summed E-state index contributed by atoms with van der Waals surface area (Å²) in [6, 6.07) is 6.67. The molecule has 0 bridgehead atoms. The Morgan fingerprint density at radius 1 is 1.14 bits per heavy atom. The zero-order valence-electron chi connectivity index (χ0n) is 14.7. The van der Waals surface area contributed by atoms with E-state index in [0.717, 1.165) is 16.8 Å². The number of hydrogen-bond donors (Lipinski definition) is 6. The first-order valence-electron chi connectivity index (χ1n) is 8.32. The Kier molecular flexibility index (Phi) is 5.85. The molecule has 1 aromatic heterocycles. The van der Waals surface area contributed by atoms with E-state index in [1.54, 1.807) is 0 Å². The standard InChI is InChI=1S/C16H18N3O9P/c20-10-5-6-19(16(24)18-10)15-12(22)11(21)13(28-15)14(23)17-9-3-1-8(2-4-9)7-29(25,26)27/h1-6,11-13,15,21-22H,7H2,(H,17,23)(H,18,20,24)(H2,25,26,27)/t11-,12+,13+,15-/m1/s1. The highest BCUT2D eigenvalue weighted by Crippen LogP contribution is 2.39. The molecule has 2 heterocycles. The first-order chi connectivity index (χ1) is 13.5. The van der Waals surface area contributed by atoms with E-state index in [2.05, 4.69) is 5.32 Å². The number of nitrogens with zero attached hydrogens (tertiary/aromatic N) is 1. The second-order valence-corrected chi connectivity index (χ2v) is 8.10. The van der Waals surface area contributed by atoms with E-state index in [1.807, 2.05) is 4.98 Å². The van der Waals surface area contributed by atoms with Gasteiger partial charge in [0.15, 0.2) is 12.3 Å². The van der Waals surface area contributed by atoms with E-state index < -0.39 is 55.5 Å². The van der Waals surface area contributed by atoms with Crippen LogP contribution in [0.1, 0.15) is 11.8 Å². The number of ether oxygens (including phenoxy) is 1. The lowest BCUT2D eigenvalue weighted by atomic mass is 10.1. The lowest BCUT2D eigenvalue weighted by molar-refractivity contribution is -0.132. The number of aromatic amines is 1. The van der Waals surface area contributed by atoms with Gasteiger partial charge in [-0.1, -0.05) is 12.1 Å². The monoisotopic (exact) mass is 427 g/mol. The van der Waals surface area contributed by atoms with Crippen molar-refractivity contribution in [3.63, 3.8) is 0 Å². The number of aliphatic hydroxyl groups is 2. The third-order valence-electron chi connectivity index (χ3n) is 4.23. The Morgan fingerprint density at radius 3 is 2.38 bits per heavy atom. The van der Waals surface area contributed by atoms with Crippen molar-refractivity contribution >= 4 is 19.2 Å². The highest BCUT2D eigenvalue weighted by molar-refractivity contribution is 7.50. The Balaban J connectivity index is 1.72. The van der Waals surface area contributed by atoms with Crippen LogP contribution in [0.4, 0.5) is 5.69 Å². The van der Waals surface area contributed by atoms with Gasteiger partial charge in [0.1, 0.15) is 12.2 Å². The number of amides is 1. The fourth-order valence-electron chi connectivity index (χ4n) is 2.88. The molecule has 6 N–H and O–H groups in total. The second-order valence-electron chi connectivity index (χ2n) is 6.45. The molecule has 0 spiro atoms. The highest BCUT2D eigenvalue weighted by Gasteiger charge is 2.47. The highest BCUT2D eigenvalue weighted by atomic mass is 31.2. The van der Waals surface area contributed by atoms with Crippen LogP contribution in [0.25, 0.3) is 0 Å². The van der Waals surface area contributed by atoms with Crippen LogP contribution in [0, 0.1) is 0 Å². The summed E-state index contributed by atoms with van der Waals surface area (Å²) < 4.78 is 17.2. The molecule has 13 heteroatoms. The summed E-state index contributed by atoms with van der Waals surface area (Å²) >= 11 is 0. The van der Waals surface area contributed by atoms with E-state index in [9.17, 15) is 29.2 Å². The van der Waals surface area contributed by atoms with E-state index >= 15 is 0 Å². The third-order valence-corrected chi connectivity index (χ3v) is 5.01. The Labute approximate surface area is 162 Å². The number of rotatable bonds is 5. The van der Waals surface area contributed by atoms with Gasteiger partial charge in [0, 0.05) is 18.0 Å². The number of aliphatic hydroxyl groups excluding tert-OH is 2. The van der Waals surface area contributed by atoms with Gasteiger partial charge in [0.25, 0.3) is 11.5 Å². The molecule has 156 valence electrons. The van der Waals surface area contributed by atoms with Crippen LogP contribution < -0.4 is 16.6 Å². The van der Waals surface area contributed by atoms with Crippen molar-refractivity contribution in [3.8, 4) is 0 Å². The Bertz CT molecular complexity index is 1060. The first-order valence-corrected chi connectivity index (χ1v) is 10.1. The quantitative estimate of drug-likeness (QED) is 0.307.